The van der Waals surface area contributed by atoms with E-state index in [1.165, 1.54) is 12.1 Å². The lowest BCUT2D eigenvalue weighted by Gasteiger charge is -2.26. The van der Waals surface area contributed by atoms with Crippen molar-refractivity contribution in [1.29, 1.82) is 0 Å². The maximum atomic E-state index is 13.9. The number of benzene rings is 2. The maximum Gasteiger partial charge on any atom is 0.251 e. The van der Waals surface area contributed by atoms with Crippen LogP contribution in [0.15, 0.2) is 54.9 Å². The van der Waals surface area contributed by atoms with Gasteiger partial charge >= 0.3 is 0 Å². The molecule has 0 saturated carbocycles. The first-order valence-corrected chi connectivity index (χ1v) is 8.20. The van der Waals surface area contributed by atoms with Crippen LogP contribution in [0.25, 0.3) is 11.1 Å². The Kier molecular flexibility index (Phi) is 4.84. The summed E-state index contributed by atoms with van der Waals surface area (Å²) >= 11 is 0. The monoisotopic (exact) mass is 355 g/mol. The summed E-state index contributed by atoms with van der Waals surface area (Å²) in [7, 11) is 0. The average molecular weight is 355 g/mol. The highest BCUT2D eigenvalue weighted by molar-refractivity contribution is 5.95. The van der Waals surface area contributed by atoms with Crippen LogP contribution < -0.4 is 5.32 Å². The lowest BCUT2D eigenvalue weighted by molar-refractivity contribution is 0.0912. The minimum absolute atomic E-state index is 0.248. The van der Waals surface area contributed by atoms with Crippen LogP contribution in [-0.4, -0.2) is 21.6 Å². The molecule has 1 aromatic heterocycles. The molecular weight excluding hydrogens is 336 g/mol. The van der Waals surface area contributed by atoms with E-state index in [-0.39, 0.29) is 12.3 Å². The van der Waals surface area contributed by atoms with E-state index in [4.69, 9.17) is 0 Å². The normalized spacial score (nSPS) is 11.4. The number of nitrogens with one attached hydrogen (secondary N) is 2. The summed E-state index contributed by atoms with van der Waals surface area (Å²) < 4.78 is 26.9. The van der Waals surface area contributed by atoms with Gasteiger partial charge in [-0.2, -0.15) is 5.10 Å². The molecule has 0 bridgehead atoms. The van der Waals surface area contributed by atoms with Crippen LogP contribution in [-0.2, 0) is 6.42 Å². The largest absolute Gasteiger partial charge is 0.347 e. The molecule has 134 valence electrons. The van der Waals surface area contributed by atoms with Gasteiger partial charge in [0.25, 0.3) is 5.91 Å². The van der Waals surface area contributed by atoms with Crippen molar-refractivity contribution in [2.45, 2.75) is 25.8 Å². The van der Waals surface area contributed by atoms with Crippen molar-refractivity contribution in [2.75, 3.05) is 0 Å². The van der Waals surface area contributed by atoms with Gasteiger partial charge in [-0.1, -0.05) is 18.2 Å². The van der Waals surface area contributed by atoms with E-state index in [2.05, 4.69) is 15.5 Å². The van der Waals surface area contributed by atoms with Crippen LogP contribution in [0.5, 0.6) is 0 Å². The van der Waals surface area contributed by atoms with Crippen LogP contribution in [0.4, 0.5) is 8.78 Å². The number of carbonyl (C=O) groups excluding carboxylic acids is 1. The zero-order valence-electron chi connectivity index (χ0n) is 14.5. The minimum atomic E-state index is -0.695. The Morgan fingerprint density at radius 3 is 2.46 bits per heavy atom. The third-order valence-electron chi connectivity index (χ3n) is 4.08. The highest BCUT2D eigenvalue weighted by Gasteiger charge is 2.23. The number of carbonyl (C=O) groups is 1. The first-order valence-electron chi connectivity index (χ1n) is 8.20. The van der Waals surface area contributed by atoms with E-state index in [0.717, 1.165) is 17.2 Å². The summed E-state index contributed by atoms with van der Waals surface area (Å²) in [5.41, 5.74) is 2.04. The molecular formula is C20H19F2N3O. The number of halogens is 2. The van der Waals surface area contributed by atoms with Gasteiger partial charge in [0.15, 0.2) is 0 Å². The minimum Gasteiger partial charge on any atom is -0.347 e. The molecule has 0 atom stereocenters. The molecule has 0 saturated heterocycles. The molecule has 0 aliphatic rings. The lowest BCUT2D eigenvalue weighted by Crippen LogP contribution is -2.45. The number of hydrogen-bond donors (Lipinski definition) is 2. The second-order valence-electron chi connectivity index (χ2n) is 6.81. The summed E-state index contributed by atoms with van der Waals surface area (Å²) in [5, 5.41) is 9.54. The number of hydrogen-bond acceptors (Lipinski definition) is 2. The van der Waals surface area contributed by atoms with E-state index in [1.54, 1.807) is 38.4 Å². The Labute approximate surface area is 150 Å². The number of H-pyrrole nitrogens is 1. The molecule has 3 aromatic rings. The number of aromatic nitrogens is 2. The summed E-state index contributed by atoms with van der Waals surface area (Å²) in [5.74, 6) is -1.49. The van der Waals surface area contributed by atoms with Crippen molar-refractivity contribution in [3.63, 3.8) is 0 Å². The van der Waals surface area contributed by atoms with Crippen molar-refractivity contribution in [2.24, 2.45) is 0 Å². The van der Waals surface area contributed by atoms with Gasteiger partial charge in [0, 0.05) is 28.9 Å². The molecule has 1 heterocycles. The Morgan fingerprint density at radius 2 is 1.85 bits per heavy atom. The van der Waals surface area contributed by atoms with E-state index in [0.29, 0.717) is 11.1 Å². The highest BCUT2D eigenvalue weighted by atomic mass is 19.1. The fourth-order valence-corrected chi connectivity index (χ4v) is 2.79. The molecule has 6 heteroatoms. The second kappa shape index (κ2) is 7.07. The molecule has 4 nitrogen and oxygen atoms in total. The van der Waals surface area contributed by atoms with Crippen molar-refractivity contribution in [3.8, 4) is 11.1 Å². The van der Waals surface area contributed by atoms with Gasteiger partial charge in [0.05, 0.1) is 6.20 Å². The Bertz CT molecular complexity index is 903. The molecule has 26 heavy (non-hydrogen) atoms. The number of amides is 1. The predicted octanol–water partition coefficient (Wildman–Crippen LogP) is 4.11. The first-order chi connectivity index (χ1) is 12.3. The molecule has 3 rings (SSSR count). The highest BCUT2D eigenvalue weighted by Crippen LogP contribution is 2.20. The molecule has 0 unspecified atom stereocenters. The van der Waals surface area contributed by atoms with Crippen molar-refractivity contribution >= 4 is 5.91 Å². The summed E-state index contributed by atoms with van der Waals surface area (Å²) in [4.78, 5) is 12.5. The third kappa shape index (κ3) is 4.14. The smallest absolute Gasteiger partial charge is 0.251 e. The van der Waals surface area contributed by atoms with E-state index < -0.39 is 17.2 Å². The zero-order chi connectivity index (χ0) is 18.7. The van der Waals surface area contributed by atoms with Crippen LogP contribution in [0, 0.1) is 11.6 Å². The number of rotatable bonds is 5. The van der Waals surface area contributed by atoms with Gasteiger partial charge in [0.2, 0.25) is 0 Å². The Balaban J connectivity index is 1.69. The lowest BCUT2D eigenvalue weighted by atomic mass is 9.94. The van der Waals surface area contributed by atoms with Gasteiger partial charge in [0.1, 0.15) is 11.6 Å². The van der Waals surface area contributed by atoms with Crippen molar-refractivity contribution in [3.05, 3.63) is 77.6 Å². The second-order valence-corrected chi connectivity index (χ2v) is 6.81. The molecule has 2 N–H and O–H groups in total. The predicted molar refractivity (Wildman–Crippen MR) is 95.6 cm³/mol. The SMILES string of the molecule is CC(C)(Cc1ccc(F)cc1F)NC(=O)c1ccc(-c2cn[nH]c2)cc1. The quantitative estimate of drug-likeness (QED) is 0.724. The van der Waals surface area contributed by atoms with Gasteiger partial charge in [-0.25, -0.2) is 8.78 Å². The Hall–Kier alpha value is -3.02. The molecule has 0 radical (unpaired) electrons. The zero-order valence-corrected chi connectivity index (χ0v) is 14.5. The average Bonchev–Trinajstić information content (AvgIpc) is 3.12. The van der Waals surface area contributed by atoms with Gasteiger partial charge < -0.3 is 5.32 Å². The van der Waals surface area contributed by atoms with Crippen LogP contribution in [0.3, 0.4) is 0 Å². The standard InChI is InChI=1S/C20H19F2N3O/c1-20(2,10-15-7-8-17(21)9-18(15)22)25-19(26)14-5-3-13(4-6-14)16-11-23-24-12-16/h3-9,11-12H,10H2,1-2H3,(H,23,24)(H,25,26). The van der Waals surface area contributed by atoms with Crippen LogP contribution >= 0.6 is 0 Å². The fraction of sp³-hybridized carbons (Fsp3) is 0.200. The van der Waals surface area contributed by atoms with Crippen molar-refractivity contribution < 1.29 is 13.6 Å². The Morgan fingerprint density at radius 1 is 1.12 bits per heavy atom. The fourth-order valence-electron chi connectivity index (χ4n) is 2.79. The molecule has 0 aliphatic heterocycles. The molecule has 0 fully saturated rings. The molecule has 0 aliphatic carbocycles. The molecule has 2 aromatic carbocycles. The topological polar surface area (TPSA) is 57.8 Å². The van der Waals surface area contributed by atoms with Crippen molar-refractivity contribution in [1.82, 2.24) is 15.5 Å². The molecule has 1 amide bonds. The third-order valence-corrected chi connectivity index (χ3v) is 4.08. The van der Waals surface area contributed by atoms with E-state index in [9.17, 15) is 13.6 Å². The molecule has 0 spiro atoms. The van der Waals surface area contributed by atoms with Gasteiger partial charge in [-0.3, -0.25) is 9.89 Å². The summed E-state index contributed by atoms with van der Waals surface area (Å²) in [6.45, 7) is 3.60. The first kappa shape index (κ1) is 17.8. The maximum absolute atomic E-state index is 13.9. The summed E-state index contributed by atoms with van der Waals surface area (Å²) in [6.07, 6.45) is 3.73. The van der Waals surface area contributed by atoms with Gasteiger partial charge in [-0.15, -0.1) is 0 Å². The van der Waals surface area contributed by atoms with Crippen LogP contribution in [0.1, 0.15) is 29.8 Å². The van der Waals surface area contributed by atoms with Crippen LogP contribution in [0.2, 0.25) is 0 Å². The summed E-state index contributed by atoms with van der Waals surface area (Å²) in [6, 6.07) is 10.6. The number of aromatic amines is 1. The van der Waals surface area contributed by atoms with E-state index >= 15 is 0 Å². The number of nitrogens with zero attached hydrogens (tertiary/aromatic N) is 1. The van der Waals surface area contributed by atoms with Gasteiger partial charge in [-0.05, 0) is 49.6 Å². The van der Waals surface area contributed by atoms with E-state index in [1.807, 2.05) is 12.1 Å².